The van der Waals surface area contributed by atoms with Crippen LogP contribution in [0.15, 0.2) is 6.07 Å². The fourth-order valence-corrected chi connectivity index (χ4v) is 1.94. The summed E-state index contributed by atoms with van der Waals surface area (Å²) in [6.07, 6.45) is 0. The number of rotatable bonds is 2. The molecule has 0 saturated heterocycles. The first-order chi connectivity index (χ1) is 6.29. The van der Waals surface area contributed by atoms with Crippen LogP contribution in [0.3, 0.4) is 0 Å². The largest absolute Gasteiger partial charge is 0.480 e. The first-order valence-corrected chi connectivity index (χ1v) is 4.94. The van der Waals surface area contributed by atoms with E-state index in [1.54, 1.807) is 13.2 Å². The maximum atomic E-state index is 5.45. The highest BCUT2D eigenvalue weighted by Crippen LogP contribution is 2.26. The van der Waals surface area contributed by atoms with E-state index in [4.69, 9.17) is 10.5 Å². The van der Waals surface area contributed by atoms with Gasteiger partial charge in [0.1, 0.15) is 0 Å². The number of hydrogen-bond acceptors (Lipinski definition) is 7. The molecule has 0 atom stereocenters. The van der Waals surface area contributed by atoms with Crippen molar-refractivity contribution in [2.24, 2.45) is 0 Å². The summed E-state index contributed by atoms with van der Waals surface area (Å²) in [4.78, 5) is 4.89. The van der Waals surface area contributed by atoms with Gasteiger partial charge in [0.2, 0.25) is 5.88 Å². The number of nitrogen functional groups attached to an aromatic ring is 1. The Labute approximate surface area is 82.5 Å². The van der Waals surface area contributed by atoms with E-state index in [0.717, 1.165) is 4.88 Å². The minimum absolute atomic E-state index is 0.461. The van der Waals surface area contributed by atoms with Gasteiger partial charge in [-0.1, -0.05) is 0 Å². The molecule has 0 amide bonds. The Hall–Kier alpha value is -1.21. The van der Waals surface area contributed by atoms with E-state index in [2.05, 4.69) is 13.7 Å². The molecule has 2 aromatic rings. The minimum Gasteiger partial charge on any atom is -0.480 e. The third kappa shape index (κ3) is 1.61. The number of methoxy groups -OCH3 is 1. The van der Waals surface area contributed by atoms with Crippen molar-refractivity contribution in [3.8, 4) is 16.6 Å². The molecule has 0 aliphatic carbocycles. The van der Waals surface area contributed by atoms with E-state index in [9.17, 15) is 0 Å². The normalized spacial score (nSPS) is 10.2. The van der Waals surface area contributed by atoms with Gasteiger partial charge >= 0.3 is 0 Å². The molecule has 2 rings (SSSR count). The molecule has 0 bridgehead atoms. The van der Waals surface area contributed by atoms with Crippen LogP contribution in [0.2, 0.25) is 0 Å². The van der Waals surface area contributed by atoms with Gasteiger partial charge in [0, 0.05) is 17.6 Å². The third-order valence-corrected chi connectivity index (χ3v) is 2.67. The molecule has 0 aliphatic heterocycles. The summed E-state index contributed by atoms with van der Waals surface area (Å²) in [6, 6.07) is 1.78. The quantitative estimate of drug-likeness (QED) is 0.814. The summed E-state index contributed by atoms with van der Waals surface area (Å²) >= 11 is 2.46. The van der Waals surface area contributed by atoms with Crippen LogP contribution < -0.4 is 10.5 Å². The maximum Gasteiger partial charge on any atom is 0.225 e. The lowest BCUT2D eigenvalue weighted by atomic mass is 10.5. The highest BCUT2D eigenvalue weighted by molar-refractivity contribution is 7.11. The van der Waals surface area contributed by atoms with Gasteiger partial charge in [0.05, 0.1) is 12.0 Å². The Morgan fingerprint density at radius 1 is 1.38 bits per heavy atom. The fraction of sp³-hybridized carbons (Fsp3) is 0.167. The van der Waals surface area contributed by atoms with Crippen molar-refractivity contribution in [3.05, 3.63) is 6.07 Å². The van der Waals surface area contributed by atoms with Crippen LogP contribution in [-0.4, -0.2) is 20.8 Å². The first-order valence-electron chi connectivity index (χ1n) is 3.40. The molecule has 2 aromatic heterocycles. The summed E-state index contributed by atoms with van der Waals surface area (Å²) in [7, 11) is 1.57. The van der Waals surface area contributed by atoms with E-state index in [0.29, 0.717) is 16.8 Å². The molecule has 68 valence electrons. The Morgan fingerprint density at radius 2 is 2.23 bits per heavy atom. The second-order valence-corrected chi connectivity index (χ2v) is 3.78. The van der Waals surface area contributed by atoms with Gasteiger partial charge in [-0.2, -0.15) is 13.7 Å². The monoisotopic (exact) mass is 214 g/mol. The minimum atomic E-state index is 0.461. The number of aromatic nitrogens is 3. The van der Waals surface area contributed by atoms with Crippen molar-refractivity contribution in [1.82, 2.24) is 13.7 Å². The van der Waals surface area contributed by atoms with Gasteiger partial charge in [0.15, 0.2) is 11.0 Å². The van der Waals surface area contributed by atoms with Gasteiger partial charge in [-0.25, -0.2) is 0 Å². The Kier molecular flexibility index (Phi) is 2.11. The molecule has 0 aliphatic rings. The van der Waals surface area contributed by atoms with Crippen molar-refractivity contribution in [1.29, 1.82) is 0 Å². The predicted octanol–water partition coefficient (Wildman–Crippen LogP) is 1.25. The van der Waals surface area contributed by atoms with Crippen molar-refractivity contribution in [2.75, 3.05) is 12.8 Å². The molecule has 0 spiro atoms. The van der Waals surface area contributed by atoms with Crippen LogP contribution in [-0.2, 0) is 0 Å². The molecule has 0 saturated carbocycles. The Morgan fingerprint density at radius 3 is 2.77 bits per heavy atom. The topological polar surface area (TPSA) is 73.9 Å². The smallest absolute Gasteiger partial charge is 0.225 e. The summed E-state index contributed by atoms with van der Waals surface area (Å²) in [5.41, 5.74) is 5.45. The standard InChI is InChI=1S/C6H6N4OS2/c1-11-4-2-3(12-9-4)5-8-6(7)13-10-5/h2H,1H3,(H2,7,8,10). The highest BCUT2D eigenvalue weighted by atomic mass is 32.1. The van der Waals surface area contributed by atoms with Crippen LogP contribution in [0.5, 0.6) is 5.88 Å². The number of nitrogens with two attached hydrogens (primary N) is 1. The van der Waals surface area contributed by atoms with Crippen molar-refractivity contribution >= 4 is 28.2 Å². The van der Waals surface area contributed by atoms with E-state index in [1.807, 2.05) is 0 Å². The van der Waals surface area contributed by atoms with Crippen LogP contribution in [0.25, 0.3) is 10.7 Å². The second-order valence-electron chi connectivity index (χ2n) is 2.19. The number of hydrogen-bond donors (Lipinski definition) is 1. The van der Waals surface area contributed by atoms with Gasteiger partial charge in [-0.3, -0.25) is 0 Å². The summed E-state index contributed by atoms with van der Waals surface area (Å²) in [5.74, 6) is 1.19. The molecule has 0 aromatic carbocycles. The average Bonchev–Trinajstić information content (AvgIpc) is 2.71. The van der Waals surface area contributed by atoms with Crippen LogP contribution in [0.1, 0.15) is 0 Å². The Balaban J connectivity index is 2.35. The van der Waals surface area contributed by atoms with Crippen molar-refractivity contribution in [2.45, 2.75) is 0 Å². The zero-order chi connectivity index (χ0) is 9.26. The van der Waals surface area contributed by atoms with Crippen molar-refractivity contribution < 1.29 is 4.74 Å². The molecular weight excluding hydrogens is 208 g/mol. The van der Waals surface area contributed by atoms with Gasteiger partial charge in [-0.15, -0.1) is 0 Å². The Bertz CT molecular complexity index is 410. The lowest BCUT2D eigenvalue weighted by Crippen LogP contribution is -1.81. The maximum absolute atomic E-state index is 5.45. The lowest BCUT2D eigenvalue weighted by Gasteiger charge is -1.86. The molecular formula is C6H6N4OS2. The zero-order valence-electron chi connectivity index (χ0n) is 6.72. The van der Waals surface area contributed by atoms with Gasteiger partial charge in [0.25, 0.3) is 0 Å². The molecule has 0 fully saturated rings. The predicted molar refractivity (Wildman–Crippen MR) is 52.0 cm³/mol. The van der Waals surface area contributed by atoms with E-state index in [-0.39, 0.29) is 0 Å². The first kappa shape index (κ1) is 8.39. The van der Waals surface area contributed by atoms with Gasteiger partial charge < -0.3 is 10.5 Å². The molecule has 2 N–H and O–H groups in total. The summed E-state index contributed by atoms with van der Waals surface area (Å²) < 4.78 is 13.0. The summed E-state index contributed by atoms with van der Waals surface area (Å²) in [5, 5.41) is 0.461. The summed E-state index contributed by atoms with van der Waals surface area (Å²) in [6.45, 7) is 0. The highest BCUT2D eigenvalue weighted by Gasteiger charge is 2.08. The third-order valence-electron chi connectivity index (χ3n) is 1.36. The number of ether oxygens (including phenoxy) is 1. The SMILES string of the molecule is COc1cc(-c2nsc(N)n2)sn1. The molecule has 0 unspecified atom stereocenters. The van der Waals surface area contributed by atoms with Crippen molar-refractivity contribution in [3.63, 3.8) is 0 Å². The van der Waals surface area contributed by atoms with E-state index < -0.39 is 0 Å². The molecule has 7 heteroatoms. The molecule has 5 nitrogen and oxygen atoms in total. The van der Waals surface area contributed by atoms with E-state index in [1.165, 1.54) is 23.1 Å². The van der Waals surface area contributed by atoms with Crippen LogP contribution >= 0.6 is 23.1 Å². The van der Waals surface area contributed by atoms with Crippen LogP contribution in [0.4, 0.5) is 5.13 Å². The molecule has 0 radical (unpaired) electrons. The fourth-order valence-electron chi connectivity index (χ4n) is 0.796. The number of nitrogens with zero attached hydrogens (tertiary/aromatic N) is 3. The van der Waals surface area contributed by atoms with E-state index >= 15 is 0 Å². The number of anilines is 1. The average molecular weight is 214 g/mol. The van der Waals surface area contributed by atoms with Gasteiger partial charge in [-0.05, 0) is 11.5 Å². The molecule has 13 heavy (non-hydrogen) atoms. The zero-order valence-corrected chi connectivity index (χ0v) is 8.35. The lowest BCUT2D eigenvalue weighted by molar-refractivity contribution is 0.403. The second kappa shape index (κ2) is 3.27. The molecule has 2 heterocycles. The van der Waals surface area contributed by atoms with Crippen LogP contribution in [0, 0.1) is 0 Å².